The number of halogens is 1. The molecule has 0 radical (unpaired) electrons. The summed E-state index contributed by atoms with van der Waals surface area (Å²) in [6.45, 7) is 1.12. The summed E-state index contributed by atoms with van der Waals surface area (Å²) in [6.07, 6.45) is 0. The second kappa shape index (κ2) is 7.97. The predicted molar refractivity (Wildman–Crippen MR) is 78.6 cm³/mol. The molecular formula is C9H15ClN4O6S2. The third-order valence-corrected chi connectivity index (χ3v) is 4.89. The lowest BCUT2D eigenvalue weighted by Crippen LogP contribution is -2.23. The van der Waals surface area contributed by atoms with Gasteiger partial charge >= 0.3 is 10.4 Å². The minimum absolute atomic E-state index is 0.00368. The lowest BCUT2D eigenvalue weighted by atomic mass is 10.7. The maximum atomic E-state index is 11.7. The number of sulfone groups is 1. The van der Waals surface area contributed by atoms with Gasteiger partial charge in [-0.1, -0.05) is 0 Å². The zero-order chi connectivity index (χ0) is 16.8. The number of hydrogen-bond acceptors (Lipinski definition) is 10. The van der Waals surface area contributed by atoms with Crippen molar-refractivity contribution in [3.8, 4) is 0 Å². The van der Waals surface area contributed by atoms with E-state index in [1.807, 2.05) is 0 Å². The zero-order valence-corrected chi connectivity index (χ0v) is 14.2. The van der Waals surface area contributed by atoms with Crippen LogP contribution in [0.1, 0.15) is 5.82 Å². The van der Waals surface area contributed by atoms with E-state index in [1.54, 1.807) is 6.92 Å². The molecule has 22 heavy (non-hydrogen) atoms. The van der Waals surface area contributed by atoms with Gasteiger partial charge in [0.05, 0.1) is 25.2 Å². The van der Waals surface area contributed by atoms with Gasteiger partial charge in [-0.05, 0) is 18.5 Å². The van der Waals surface area contributed by atoms with Gasteiger partial charge in [-0.15, -0.1) is 0 Å². The first-order valence-corrected chi connectivity index (χ1v) is 9.44. The molecule has 1 N–H and O–H groups in total. The molecule has 0 atom stereocenters. The van der Waals surface area contributed by atoms with Crippen molar-refractivity contribution in [1.82, 2.24) is 15.0 Å². The van der Waals surface area contributed by atoms with Crippen LogP contribution in [0.5, 0.6) is 0 Å². The highest BCUT2D eigenvalue weighted by molar-refractivity contribution is 7.91. The fourth-order valence-electron chi connectivity index (χ4n) is 1.26. The van der Waals surface area contributed by atoms with Gasteiger partial charge in [0.2, 0.25) is 11.2 Å². The molecule has 1 aromatic rings. The Kier molecular flexibility index (Phi) is 6.87. The average molecular weight is 375 g/mol. The van der Waals surface area contributed by atoms with Crippen molar-refractivity contribution in [3.63, 3.8) is 0 Å². The van der Waals surface area contributed by atoms with Gasteiger partial charge in [0.1, 0.15) is 5.82 Å². The lowest BCUT2D eigenvalue weighted by molar-refractivity contribution is 0.255. The summed E-state index contributed by atoms with van der Waals surface area (Å²) in [6, 6.07) is 0. The summed E-state index contributed by atoms with van der Waals surface area (Å²) in [7, 11) is -6.74. The van der Waals surface area contributed by atoms with Crippen LogP contribution in [-0.2, 0) is 28.6 Å². The molecule has 10 nitrogen and oxygen atoms in total. The van der Waals surface area contributed by atoms with Gasteiger partial charge in [0, 0.05) is 6.54 Å². The van der Waals surface area contributed by atoms with Gasteiger partial charge in [0.25, 0.3) is 0 Å². The van der Waals surface area contributed by atoms with Crippen LogP contribution >= 0.6 is 11.6 Å². The van der Waals surface area contributed by atoms with E-state index in [9.17, 15) is 16.8 Å². The highest BCUT2D eigenvalue weighted by Gasteiger charge is 2.15. The van der Waals surface area contributed by atoms with Gasteiger partial charge < -0.3 is 5.32 Å². The van der Waals surface area contributed by atoms with Crippen molar-refractivity contribution in [2.24, 2.45) is 0 Å². The maximum absolute atomic E-state index is 11.7. The highest BCUT2D eigenvalue weighted by Crippen LogP contribution is 2.05. The smallest absolute Gasteiger partial charge is 0.353 e. The fraction of sp³-hybridized carbons (Fsp3) is 0.667. The summed E-state index contributed by atoms with van der Waals surface area (Å²) in [5.41, 5.74) is 0. The molecule has 0 bridgehead atoms. The maximum Gasteiger partial charge on any atom is 0.399 e. The molecule has 1 heterocycles. The monoisotopic (exact) mass is 374 g/mol. The van der Waals surface area contributed by atoms with Crippen LogP contribution in [0.2, 0.25) is 5.28 Å². The van der Waals surface area contributed by atoms with Gasteiger partial charge in [-0.2, -0.15) is 18.4 Å². The molecular weight excluding hydrogens is 360 g/mol. The molecule has 0 saturated heterocycles. The Morgan fingerprint density at radius 2 is 1.82 bits per heavy atom. The zero-order valence-electron chi connectivity index (χ0n) is 11.8. The third kappa shape index (κ3) is 7.26. The van der Waals surface area contributed by atoms with E-state index in [4.69, 9.17) is 11.6 Å². The van der Waals surface area contributed by atoms with E-state index in [0.717, 1.165) is 7.11 Å². The van der Waals surface area contributed by atoms with Crippen LogP contribution in [0.15, 0.2) is 0 Å². The summed E-state index contributed by atoms with van der Waals surface area (Å²) in [5.74, 6) is -0.172. The molecule has 0 unspecified atom stereocenters. The predicted octanol–water partition coefficient (Wildman–Crippen LogP) is -0.432. The van der Waals surface area contributed by atoms with Crippen LogP contribution < -0.4 is 5.32 Å². The SMILES string of the molecule is COS(=O)(=O)OCCS(=O)(=O)CCNc1nc(C)nc(Cl)n1. The first kappa shape index (κ1) is 19.0. The molecule has 1 aromatic heterocycles. The Bertz CT molecular complexity index is 689. The average Bonchev–Trinajstić information content (AvgIpc) is 2.36. The summed E-state index contributed by atoms with van der Waals surface area (Å²) in [4.78, 5) is 11.5. The van der Waals surface area contributed by atoms with Crippen molar-refractivity contribution >= 4 is 37.8 Å². The van der Waals surface area contributed by atoms with Crippen molar-refractivity contribution in [1.29, 1.82) is 0 Å². The summed E-state index contributed by atoms with van der Waals surface area (Å²) >= 11 is 5.64. The Morgan fingerprint density at radius 1 is 1.14 bits per heavy atom. The van der Waals surface area contributed by atoms with Crippen molar-refractivity contribution in [2.75, 3.05) is 37.1 Å². The molecule has 13 heteroatoms. The Labute approximate surface area is 133 Å². The van der Waals surface area contributed by atoms with E-state index >= 15 is 0 Å². The molecule has 126 valence electrons. The second-order valence-corrected chi connectivity index (χ2v) is 7.98. The van der Waals surface area contributed by atoms with E-state index in [2.05, 4.69) is 28.6 Å². The number of nitrogens with one attached hydrogen (secondary N) is 1. The van der Waals surface area contributed by atoms with Crippen LogP contribution in [0.3, 0.4) is 0 Å². The number of hydrogen-bond donors (Lipinski definition) is 1. The standard InChI is InChI=1S/C9H15ClN4O6S2/c1-7-12-8(10)14-9(13-7)11-3-5-21(15,16)6-4-20-22(17,18)19-2/h3-6H2,1-2H3,(H,11,12,13,14). The molecule has 0 aromatic carbocycles. The van der Waals surface area contributed by atoms with Crippen LogP contribution in [0.25, 0.3) is 0 Å². The van der Waals surface area contributed by atoms with Gasteiger partial charge in [-0.25, -0.2) is 17.6 Å². The Balaban J connectivity index is 2.42. The van der Waals surface area contributed by atoms with E-state index < -0.39 is 32.6 Å². The topological polar surface area (TPSA) is 137 Å². The lowest BCUT2D eigenvalue weighted by Gasteiger charge is -2.07. The number of aromatic nitrogens is 3. The van der Waals surface area contributed by atoms with Gasteiger partial charge in [0.15, 0.2) is 9.84 Å². The van der Waals surface area contributed by atoms with E-state index in [1.165, 1.54) is 0 Å². The quantitative estimate of drug-likeness (QED) is 0.605. The molecule has 1 rings (SSSR count). The Hall–Kier alpha value is -1.08. The molecule has 0 aliphatic carbocycles. The number of rotatable bonds is 9. The fourth-order valence-corrected chi connectivity index (χ4v) is 2.91. The van der Waals surface area contributed by atoms with Crippen LogP contribution in [-0.4, -0.2) is 63.6 Å². The number of anilines is 1. The Morgan fingerprint density at radius 3 is 2.41 bits per heavy atom. The first-order valence-electron chi connectivity index (χ1n) is 5.91. The minimum Gasteiger partial charge on any atom is -0.353 e. The van der Waals surface area contributed by atoms with Crippen molar-refractivity contribution < 1.29 is 25.2 Å². The molecule has 0 spiro atoms. The minimum atomic E-state index is -4.14. The molecule has 0 aliphatic rings. The van der Waals surface area contributed by atoms with Gasteiger partial charge in [-0.3, -0.25) is 4.18 Å². The molecule has 0 amide bonds. The highest BCUT2D eigenvalue weighted by atomic mass is 35.5. The normalized spacial score (nSPS) is 12.3. The molecule has 0 fully saturated rings. The largest absolute Gasteiger partial charge is 0.399 e. The van der Waals surface area contributed by atoms with E-state index in [0.29, 0.717) is 5.82 Å². The third-order valence-electron chi connectivity index (χ3n) is 2.24. The summed E-state index contributed by atoms with van der Waals surface area (Å²) in [5, 5.41) is 2.69. The number of aryl methyl sites for hydroxylation is 1. The molecule has 0 saturated carbocycles. The van der Waals surface area contributed by atoms with Crippen molar-refractivity contribution in [2.45, 2.75) is 6.92 Å². The van der Waals surface area contributed by atoms with E-state index in [-0.39, 0.29) is 23.5 Å². The summed E-state index contributed by atoms with van der Waals surface area (Å²) < 4.78 is 53.4. The molecule has 0 aliphatic heterocycles. The second-order valence-electron chi connectivity index (χ2n) is 3.95. The van der Waals surface area contributed by atoms with Crippen LogP contribution in [0, 0.1) is 6.92 Å². The number of nitrogens with zero attached hydrogens (tertiary/aromatic N) is 3. The first-order chi connectivity index (χ1) is 10.1. The van der Waals surface area contributed by atoms with Crippen LogP contribution in [0.4, 0.5) is 5.95 Å². The van der Waals surface area contributed by atoms with Crippen molar-refractivity contribution in [3.05, 3.63) is 11.1 Å².